The van der Waals surface area contributed by atoms with Gasteiger partial charge in [0, 0.05) is 10.1 Å². The lowest BCUT2D eigenvalue weighted by Crippen LogP contribution is -1.94. The van der Waals surface area contributed by atoms with Gasteiger partial charge in [-0.15, -0.1) is 11.3 Å². The quantitative estimate of drug-likeness (QED) is 0.706. The van der Waals surface area contributed by atoms with Crippen LogP contribution in [0.25, 0.3) is 10.1 Å². The highest BCUT2D eigenvalue weighted by Gasteiger charge is 2.14. The Morgan fingerprint density at radius 1 is 1.29 bits per heavy atom. The van der Waals surface area contributed by atoms with Crippen molar-refractivity contribution in [2.75, 3.05) is 0 Å². The predicted molar refractivity (Wildman–Crippen MR) is 74.4 cm³/mol. The van der Waals surface area contributed by atoms with E-state index in [9.17, 15) is 0 Å². The van der Waals surface area contributed by atoms with Crippen molar-refractivity contribution in [3.63, 3.8) is 0 Å². The van der Waals surface area contributed by atoms with E-state index in [0.717, 1.165) is 5.92 Å². The maximum atomic E-state index is 3.46. The minimum absolute atomic E-state index is 1.02. The van der Waals surface area contributed by atoms with Crippen LogP contribution in [0.2, 0.25) is 0 Å². The molecule has 3 rings (SSSR count). The summed E-state index contributed by atoms with van der Waals surface area (Å²) < 4.78 is 1.34. The third-order valence-corrected chi connectivity index (χ3v) is 4.86. The Balaban J connectivity index is 1.60. The molecule has 0 nitrogen and oxygen atoms in total. The largest absolute Gasteiger partial charge is 0.134 e. The Kier molecular flexibility index (Phi) is 3.46. The average Bonchev–Trinajstić information content (AvgIpc) is 2.99. The zero-order chi connectivity index (χ0) is 11.5. The molecule has 2 aromatic rings. The molecule has 1 aliphatic carbocycles. The van der Waals surface area contributed by atoms with E-state index in [1.165, 1.54) is 60.6 Å². The van der Waals surface area contributed by atoms with Crippen LogP contribution in [-0.4, -0.2) is 0 Å². The number of thiophene rings is 1. The summed E-state index contributed by atoms with van der Waals surface area (Å²) in [6.07, 6.45) is 9.85. The van der Waals surface area contributed by atoms with Crippen LogP contribution in [0.5, 0.6) is 0 Å². The van der Waals surface area contributed by atoms with Crippen molar-refractivity contribution in [1.29, 1.82) is 0 Å². The Labute approximate surface area is 108 Å². The van der Waals surface area contributed by atoms with Gasteiger partial charge in [-0.1, -0.05) is 44.2 Å². The lowest BCUT2D eigenvalue weighted by molar-refractivity contribution is 0.484. The molecule has 1 aromatic heterocycles. The van der Waals surface area contributed by atoms with Crippen LogP contribution in [0.4, 0.5) is 0 Å². The van der Waals surface area contributed by atoms with E-state index in [0.29, 0.717) is 0 Å². The van der Waals surface area contributed by atoms with E-state index in [4.69, 9.17) is 0 Å². The van der Waals surface area contributed by atoms with Crippen molar-refractivity contribution in [3.8, 4) is 0 Å². The molecule has 0 saturated heterocycles. The van der Waals surface area contributed by atoms with Gasteiger partial charge < -0.3 is 0 Å². The van der Waals surface area contributed by atoms with Crippen LogP contribution in [0, 0.1) is 17.4 Å². The molecule has 88 valence electrons. The molecule has 1 heterocycles. The summed E-state index contributed by atoms with van der Waals surface area (Å²) in [5.41, 5.74) is 1.43. The fourth-order valence-corrected chi connectivity index (χ4v) is 3.85. The van der Waals surface area contributed by atoms with Crippen LogP contribution < -0.4 is 0 Å². The Morgan fingerprint density at radius 3 is 3.06 bits per heavy atom. The van der Waals surface area contributed by atoms with Crippen molar-refractivity contribution in [3.05, 3.63) is 35.2 Å². The molecule has 1 fully saturated rings. The molecule has 0 N–H and O–H groups in total. The van der Waals surface area contributed by atoms with Gasteiger partial charge in [0.1, 0.15) is 0 Å². The van der Waals surface area contributed by atoms with Gasteiger partial charge in [0.05, 0.1) is 0 Å². The first-order valence-corrected chi connectivity index (χ1v) is 7.54. The summed E-state index contributed by atoms with van der Waals surface area (Å²) in [5, 5.41) is 4.86. The third kappa shape index (κ3) is 2.55. The van der Waals surface area contributed by atoms with Crippen molar-refractivity contribution in [2.45, 2.75) is 44.9 Å². The summed E-state index contributed by atoms with van der Waals surface area (Å²) >= 11 is 1.74. The van der Waals surface area contributed by atoms with Gasteiger partial charge in [-0.25, -0.2) is 0 Å². The molecule has 1 saturated carbocycles. The minimum atomic E-state index is 1.02. The lowest BCUT2D eigenvalue weighted by Gasteiger charge is -2.07. The smallest absolute Gasteiger partial charge is 0.0490 e. The van der Waals surface area contributed by atoms with Gasteiger partial charge in [0.15, 0.2) is 0 Å². The molecule has 0 aliphatic heterocycles. The third-order valence-electron chi connectivity index (χ3n) is 3.95. The molecule has 0 amide bonds. The molecule has 0 atom stereocenters. The van der Waals surface area contributed by atoms with E-state index in [2.05, 4.69) is 23.6 Å². The summed E-state index contributed by atoms with van der Waals surface area (Å²) in [6, 6.07) is 9.43. The van der Waals surface area contributed by atoms with Crippen LogP contribution in [0.3, 0.4) is 0 Å². The number of hydrogen-bond acceptors (Lipinski definition) is 1. The summed E-state index contributed by atoms with van der Waals surface area (Å²) in [4.78, 5) is 0. The first-order valence-electron chi connectivity index (χ1n) is 6.72. The monoisotopic (exact) mass is 242 g/mol. The number of fused-ring (bicyclic) bond motifs is 1. The van der Waals surface area contributed by atoms with Crippen molar-refractivity contribution >= 4 is 21.4 Å². The molecule has 0 bridgehead atoms. The normalized spacial score (nSPS) is 16.9. The van der Waals surface area contributed by atoms with Gasteiger partial charge in [0.2, 0.25) is 0 Å². The van der Waals surface area contributed by atoms with Gasteiger partial charge in [-0.05, 0) is 41.8 Å². The second kappa shape index (κ2) is 5.22. The Morgan fingerprint density at radius 2 is 2.18 bits per heavy atom. The molecule has 2 radical (unpaired) electrons. The highest BCUT2D eigenvalue weighted by Crippen LogP contribution is 2.30. The lowest BCUT2D eigenvalue weighted by atomic mass is 9.98. The second-order valence-electron chi connectivity index (χ2n) is 5.15. The zero-order valence-electron chi connectivity index (χ0n) is 10.2. The number of rotatable bonds is 4. The van der Waals surface area contributed by atoms with Gasteiger partial charge in [-0.3, -0.25) is 0 Å². The average molecular weight is 242 g/mol. The first kappa shape index (κ1) is 11.3. The molecular formula is C16H18S. The maximum absolute atomic E-state index is 3.46. The van der Waals surface area contributed by atoms with E-state index >= 15 is 0 Å². The van der Waals surface area contributed by atoms with Crippen molar-refractivity contribution < 1.29 is 0 Å². The Bertz CT molecular complexity index is 477. The van der Waals surface area contributed by atoms with E-state index in [1.807, 2.05) is 6.07 Å². The van der Waals surface area contributed by atoms with Crippen LogP contribution in [0.15, 0.2) is 18.2 Å². The Hall–Kier alpha value is -0.820. The molecular weight excluding hydrogens is 224 g/mol. The summed E-state index contributed by atoms with van der Waals surface area (Å²) in [6.45, 7) is 0. The molecule has 0 unspecified atom stereocenters. The summed E-state index contributed by atoms with van der Waals surface area (Å²) in [7, 11) is 0. The zero-order valence-corrected chi connectivity index (χ0v) is 11.0. The fourth-order valence-electron chi connectivity index (χ4n) is 2.97. The maximum Gasteiger partial charge on any atom is 0.0490 e. The highest BCUT2D eigenvalue weighted by molar-refractivity contribution is 7.16. The first-order chi connectivity index (χ1) is 8.43. The molecule has 0 spiro atoms. The predicted octanol–water partition coefficient (Wildman–Crippen LogP) is 5.01. The molecule has 17 heavy (non-hydrogen) atoms. The van der Waals surface area contributed by atoms with E-state index in [-0.39, 0.29) is 0 Å². The van der Waals surface area contributed by atoms with E-state index < -0.39 is 0 Å². The standard InChI is InChI=1S/C16H18S/c1-2-7-13(6-1)8-5-9-14-12-17-16-11-4-3-10-15(14)16/h3,10-11,13H,1-2,5-9H2. The van der Waals surface area contributed by atoms with Gasteiger partial charge in [-0.2, -0.15) is 0 Å². The summed E-state index contributed by atoms with van der Waals surface area (Å²) in [5.74, 6) is 1.02. The SMILES string of the molecule is [c]1ccc2c(CCCC3CCCC3)[c]sc2c1. The van der Waals surface area contributed by atoms with E-state index in [1.54, 1.807) is 11.3 Å². The second-order valence-corrected chi connectivity index (χ2v) is 6.00. The highest BCUT2D eigenvalue weighted by atomic mass is 32.1. The topological polar surface area (TPSA) is 0 Å². The number of aryl methyl sites for hydroxylation is 1. The number of benzene rings is 1. The van der Waals surface area contributed by atoms with Crippen molar-refractivity contribution in [1.82, 2.24) is 0 Å². The molecule has 1 heteroatoms. The van der Waals surface area contributed by atoms with Crippen molar-refractivity contribution in [2.24, 2.45) is 5.92 Å². The minimum Gasteiger partial charge on any atom is -0.134 e. The molecule has 1 aliphatic rings. The van der Waals surface area contributed by atoms with Crippen LogP contribution >= 0.6 is 11.3 Å². The molecule has 1 aromatic carbocycles. The number of hydrogen-bond donors (Lipinski definition) is 0. The fraction of sp³-hybridized carbons (Fsp3) is 0.500. The van der Waals surface area contributed by atoms with Crippen LogP contribution in [0.1, 0.15) is 44.1 Å². The van der Waals surface area contributed by atoms with Gasteiger partial charge >= 0.3 is 0 Å². The van der Waals surface area contributed by atoms with Gasteiger partial charge in [0.25, 0.3) is 0 Å². The van der Waals surface area contributed by atoms with Crippen LogP contribution in [-0.2, 0) is 6.42 Å².